The smallest absolute Gasteiger partial charge is 0.278 e. The minimum absolute atomic E-state index is 0.246. The fourth-order valence-electron chi connectivity index (χ4n) is 4.92. The average molecular weight is 544 g/mol. The molecule has 1 fully saturated rings. The molecule has 0 unspecified atom stereocenters. The number of piperazine rings is 1. The van der Waals surface area contributed by atoms with E-state index in [0.717, 1.165) is 51.4 Å². The topological polar surface area (TPSA) is 130 Å². The van der Waals surface area contributed by atoms with Crippen LogP contribution in [0.25, 0.3) is 16.9 Å². The quantitative estimate of drug-likeness (QED) is 0.258. The van der Waals surface area contributed by atoms with E-state index in [1.807, 2.05) is 12.1 Å². The van der Waals surface area contributed by atoms with Crippen LogP contribution in [0.5, 0.6) is 0 Å². The first-order valence-corrected chi connectivity index (χ1v) is 13.6. The molecule has 40 heavy (non-hydrogen) atoms. The second-order valence-corrected chi connectivity index (χ2v) is 10.5. The highest BCUT2D eigenvalue weighted by molar-refractivity contribution is 5.77. The summed E-state index contributed by atoms with van der Waals surface area (Å²) in [5.41, 5.74) is 7.17. The fourth-order valence-corrected chi connectivity index (χ4v) is 4.92. The number of aliphatic hydroxyl groups is 1. The largest absolute Gasteiger partial charge is 0.384 e. The Morgan fingerprint density at radius 3 is 2.52 bits per heavy atom. The molecule has 4 N–H and O–H groups in total. The number of hydrogen-bond acceptors (Lipinski definition) is 9. The molecule has 0 saturated carbocycles. The molecule has 0 radical (unpaired) electrons. The Kier molecular flexibility index (Phi) is 7.97. The number of nitrogens with zero attached hydrogens (tertiary/aromatic N) is 7. The van der Waals surface area contributed by atoms with Crippen LogP contribution in [0.2, 0.25) is 0 Å². The highest BCUT2D eigenvalue weighted by atomic mass is 16.3. The molecular weight excluding hydrogens is 506 g/mol. The molecule has 11 heteroatoms. The first kappa shape index (κ1) is 27.5. The summed E-state index contributed by atoms with van der Waals surface area (Å²) in [5.74, 6) is 0.822. The fraction of sp³-hybridized carbons (Fsp3) is 0.379. The van der Waals surface area contributed by atoms with E-state index in [4.69, 9.17) is 10.7 Å². The maximum absolute atomic E-state index is 13.2. The maximum atomic E-state index is 13.2. The van der Waals surface area contributed by atoms with Gasteiger partial charge in [0.25, 0.3) is 5.56 Å². The van der Waals surface area contributed by atoms with Gasteiger partial charge in [-0.3, -0.25) is 9.69 Å². The van der Waals surface area contributed by atoms with Gasteiger partial charge in [-0.1, -0.05) is 12.1 Å². The van der Waals surface area contributed by atoms with Crippen molar-refractivity contribution in [1.29, 1.82) is 0 Å². The summed E-state index contributed by atoms with van der Waals surface area (Å²) in [6.45, 7) is 13.2. The number of fused-ring (bicyclic) bond motifs is 1. The van der Waals surface area contributed by atoms with Crippen molar-refractivity contribution < 1.29 is 5.11 Å². The van der Waals surface area contributed by atoms with Crippen molar-refractivity contribution in [2.24, 2.45) is 5.73 Å². The van der Waals surface area contributed by atoms with Crippen LogP contribution in [0, 0.1) is 0 Å². The van der Waals surface area contributed by atoms with Crippen molar-refractivity contribution in [2.75, 3.05) is 49.5 Å². The van der Waals surface area contributed by atoms with E-state index in [0.29, 0.717) is 28.5 Å². The van der Waals surface area contributed by atoms with E-state index in [1.54, 1.807) is 42.8 Å². The normalized spacial score (nSPS) is 14.6. The van der Waals surface area contributed by atoms with Gasteiger partial charge in [0.05, 0.1) is 12.2 Å². The van der Waals surface area contributed by atoms with Crippen molar-refractivity contribution in [3.63, 3.8) is 0 Å². The number of anilines is 3. The molecule has 0 atom stereocenters. The van der Waals surface area contributed by atoms with Crippen LogP contribution in [0.1, 0.15) is 26.0 Å². The van der Waals surface area contributed by atoms with Gasteiger partial charge in [0.2, 0.25) is 5.95 Å². The molecule has 1 saturated heterocycles. The number of rotatable bonds is 10. The minimum atomic E-state index is -1.14. The zero-order valence-electron chi connectivity index (χ0n) is 23.1. The first-order valence-electron chi connectivity index (χ1n) is 13.6. The zero-order valence-corrected chi connectivity index (χ0v) is 23.1. The Labute approximate surface area is 233 Å². The minimum Gasteiger partial charge on any atom is -0.384 e. The van der Waals surface area contributed by atoms with Crippen LogP contribution in [-0.4, -0.2) is 73.6 Å². The molecule has 5 rings (SSSR count). The highest BCUT2D eigenvalue weighted by Crippen LogP contribution is 2.24. The standard InChI is InChI=1S/C29H37N9O2/c1-4-14-37-27(39)23-20-31-28(34-26(23)38(37)25-8-5-7-24(33-25)29(2,3)40)32-21-9-11-22(12-10-21)36-18-16-35(17-19-36)15-6-13-30/h4-5,7-12,20,40H,1,6,13-19,30H2,2-3H3,(H,31,32,34). The van der Waals surface area contributed by atoms with Crippen molar-refractivity contribution in [2.45, 2.75) is 32.4 Å². The predicted molar refractivity (Wildman–Crippen MR) is 158 cm³/mol. The third kappa shape index (κ3) is 5.76. The second kappa shape index (κ2) is 11.6. The summed E-state index contributed by atoms with van der Waals surface area (Å²) in [4.78, 5) is 31.8. The van der Waals surface area contributed by atoms with Crippen LogP contribution in [0.4, 0.5) is 17.3 Å². The molecule has 11 nitrogen and oxygen atoms in total. The van der Waals surface area contributed by atoms with Gasteiger partial charge in [0.15, 0.2) is 11.5 Å². The lowest BCUT2D eigenvalue weighted by atomic mass is 10.1. The molecular formula is C29H37N9O2. The summed E-state index contributed by atoms with van der Waals surface area (Å²) >= 11 is 0. The molecule has 0 amide bonds. The van der Waals surface area contributed by atoms with Gasteiger partial charge in [-0.2, -0.15) is 4.98 Å². The monoisotopic (exact) mass is 543 g/mol. The maximum Gasteiger partial charge on any atom is 0.278 e. The molecule has 0 spiro atoms. The summed E-state index contributed by atoms with van der Waals surface area (Å²) in [7, 11) is 0. The lowest BCUT2D eigenvalue weighted by Crippen LogP contribution is -2.46. The van der Waals surface area contributed by atoms with Gasteiger partial charge < -0.3 is 21.1 Å². The number of aromatic nitrogens is 5. The molecule has 1 aliphatic heterocycles. The number of nitrogens with two attached hydrogens (primary N) is 1. The van der Waals surface area contributed by atoms with Crippen molar-refractivity contribution >= 4 is 28.4 Å². The lowest BCUT2D eigenvalue weighted by Gasteiger charge is -2.36. The number of allylic oxidation sites excluding steroid dienone is 1. The molecule has 1 aliphatic rings. The van der Waals surface area contributed by atoms with E-state index in [1.165, 1.54) is 16.6 Å². The SMILES string of the molecule is C=CCn1c(=O)c2cnc(Nc3ccc(N4CCN(CCCN)CC4)cc3)nc2n1-c1cccc(C(C)(C)O)n1. The van der Waals surface area contributed by atoms with Crippen LogP contribution in [0.3, 0.4) is 0 Å². The van der Waals surface area contributed by atoms with Gasteiger partial charge in [0, 0.05) is 43.8 Å². The first-order chi connectivity index (χ1) is 19.3. The number of pyridine rings is 1. The van der Waals surface area contributed by atoms with Gasteiger partial charge >= 0.3 is 0 Å². The number of nitrogens with one attached hydrogen (secondary N) is 1. The van der Waals surface area contributed by atoms with Crippen molar-refractivity contribution in [3.05, 3.63) is 77.4 Å². The van der Waals surface area contributed by atoms with E-state index < -0.39 is 5.60 Å². The summed E-state index contributed by atoms with van der Waals surface area (Å²) in [6.07, 6.45) is 4.21. The van der Waals surface area contributed by atoms with Crippen LogP contribution < -0.4 is 21.5 Å². The summed E-state index contributed by atoms with van der Waals surface area (Å²) in [6, 6.07) is 13.5. The molecule has 0 bridgehead atoms. The molecule has 4 aromatic rings. The van der Waals surface area contributed by atoms with Gasteiger partial charge in [-0.15, -0.1) is 6.58 Å². The Morgan fingerprint density at radius 2 is 1.85 bits per heavy atom. The van der Waals surface area contributed by atoms with Crippen LogP contribution in [-0.2, 0) is 12.1 Å². The lowest BCUT2D eigenvalue weighted by molar-refractivity contribution is 0.0738. The van der Waals surface area contributed by atoms with E-state index in [-0.39, 0.29) is 12.1 Å². The third-order valence-electron chi connectivity index (χ3n) is 7.10. The molecule has 4 heterocycles. The Hall–Kier alpha value is -4.06. The van der Waals surface area contributed by atoms with Crippen LogP contribution >= 0.6 is 0 Å². The number of benzene rings is 1. The Balaban J connectivity index is 1.40. The van der Waals surface area contributed by atoms with Gasteiger partial charge in [-0.05, 0) is 69.8 Å². The van der Waals surface area contributed by atoms with Crippen LogP contribution in [0.15, 0.2) is 66.1 Å². The molecule has 0 aliphatic carbocycles. The average Bonchev–Trinajstić information content (AvgIpc) is 3.23. The summed E-state index contributed by atoms with van der Waals surface area (Å²) in [5, 5.41) is 14.1. The molecule has 1 aromatic carbocycles. The van der Waals surface area contributed by atoms with Crippen molar-refractivity contribution in [1.82, 2.24) is 29.2 Å². The van der Waals surface area contributed by atoms with Crippen molar-refractivity contribution in [3.8, 4) is 5.82 Å². The van der Waals surface area contributed by atoms with E-state index in [9.17, 15) is 9.90 Å². The molecule has 210 valence electrons. The highest BCUT2D eigenvalue weighted by Gasteiger charge is 2.22. The van der Waals surface area contributed by atoms with E-state index >= 15 is 0 Å². The second-order valence-electron chi connectivity index (χ2n) is 10.5. The van der Waals surface area contributed by atoms with Gasteiger partial charge in [-0.25, -0.2) is 19.3 Å². The van der Waals surface area contributed by atoms with Gasteiger partial charge in [0.1, 0.15) is 11.0 Å². The Bertz CT molecular complexity index is 1530. The molecule has 3 aromatic heterocycles. The number of hydrogen-bond donors (Lipinski definition) is 3. The Morgan fingerprint density at radius 1 is 1.10 bits per heavy atom. The summed E-state index contributed by atoms with van der Waals surface area (Å²) < 4.78 is 3.16. The third-order valence-corrected chi connectivity index (χ3v) is 7.10. The zero-order chi connectivity index (χ0) is 28.3. The van der Waals surface area contributed by atoms with E-state index in [2.05, 4.69) is 43.8 Å². The predicted octanol–water partition coefficient (Wildman–Crippen LogP) is 2.61.